The number of hydrogen-bond acceptors (Lipinski definition) is 5. The summed E-state index contributed by atoms with van der Waals surface area (Å²) in [5.74, 6) is -4.33. The summed E-state index contributed by atoms with van der Waals surface area (Å²) in [6, 6.07) is 24.3. The Balaban J connectivity index is 1.91. The smallest absolute Gasteiger partial charge is 0.408 e. The van der Waals surface area contributed by atoms with Crippen LogP contribution in [0.5, 0.6) is 0 Å². The number of amides is 2. The van der Waals surface area contributed by atoms with E-state index in [0.29, 0.717) is 5.56 Å². The normalized spacial score (nSPS) is 15.0. The highest BCUT2D eigenvalue weighted by molar-refractivity contribution is 7.58. The van der Waals surface area contributed by atoms with Crippen molar-refractivity contribution in [3.63, 3.8) is 0 Å². The van der Waals surface area contributed by atoms with Gasteiger partial charge in [0.1, 0.15) is 17.4 Å². The Hall–Kier alpha value is -3.94. The minimum absolute atomic E-state index is 0.0751. The second-order valence-corrected chi connectivity index (χ2v) is 13.3. The van der Waals surface area contributed by atoms with Crippen LogP contribution in [-0.2, 0) is 25.3 Å². The van der Waals surface area contributed by atoms with E-state index in [9.17, 15) is 28.9 Å². The Morgan fingerprint density at radius 1 is 0.854 bits per heavy atom. The molecule has 0 bridgehead atoms. The third-order valence-corrected chi connectivity index (χ3v) is 8.50. The topological polar surface area (TPSA) is 142 Å². The van der Waals surface area contributed by atoms with Crippen LogP contribution in [0.2, 0.25) is 0 Å². The van der Waals surface area contributed by atoms with E-state index >= 15 is 0 Å². The lowest BCUT2D eigenvalue weighted by atomic mass is 9.97. The second kappa shape index (κ2) is 13.6. The molecule has 4 atom stereocenters. The van der Waals surface area contributed by atoms with Crippen molar-refractivity contribution in [2.24, 2.45) is 5.92 Å². The van der Waals surface area contributed by atoms with Crippen molar-refractivity contribution in [3.8, 4) is 11.1 Å². The van der Waals surface area contributed by atoms with Gasteiger partial charge in [-0.05, 0) is 56.4 Å². The second-order valence-electron chi connectivity index (χ2n) is 10.9. The summed E-state index contributed by atoms with van der Waals surface area (Å²) in [5, 5.41) is 14.3. The zero-order valence-electron chi connectivity index (χ0n) is 23.6. The van der Waals surface area contributed by atoms with Crippen LogP contribution in [0, 0.1) is 5.92 Å². The molecule has 0 saturated carbocycles. The lowest BCUT2D eigenvalue weighted by Gasteiger charge is -2.29. The van der Waals surface area contributed by atoms with Gasteiger partial charge in [0.25, 0.3) is 0 Å². The molecule has 0 aliphatic carbocycles. The van der Waals surface area contributed by atoms with E-state index in [1.54, 1.807) is 51.1 Å². The van der Waals surface area contributed by atoms with Crippen LogP contribution in [0.4, 0.5) is 4.79 Å². The summed E-state index contributed by atoms with van der Waals surface area (Å²) in [7, 11) is -4.34. The number of hydrogen-bond donors (Lipinski definition) is 4. The number of carboxylic acids is 1. The van der Waals surface area contributed by atoms with Gasteiger partial charge in [-0.2, -0.15) is 0 Å². The van der Waals surface area contributed by atoms with Gasteiger partial charge in [0.2, 0.25) is 13.3 Å². The van der Waals surface area contributed by atoms with Gasteiger partial charge in [0.05, 0.1) is 5.92 Å². The van der Waals surface area contributed by atoms with Crippen LogP contribution in [-0.4, -0.2) is 45.8 Å². The van der Waals surface area contributed by atoms with Crippen LogP contribution in [0.1, 0.15) is 44.6 Å². The van der Waals surface area contributed by atoms with Crippen LogP contribution < -0.4 is 10.6 Å². The van der Waals surface area contributed by atoms with E-state index in [4.69, 9.17) is 4.74 Å². The molecule has 9 nitrogen and oxygen atoms in total. The first-order valence-electron chi connectivity index (χ1n) is 13.3. The van der Waals surface area contributed by atoms with Crippen molar-refractivity contribution in [2.75, 3.05) is 6.16 Å². The molecule has 3 rings (SSSR count). The van der Waals surface area contributed by atoms with Crippen LogP contribution >= 0.6 is 7.37 Å². The molecule has 0 aliphatic rings. The molecule has 2 amide bonds. The highest BCUT2D eigenvalue weighted by Crippen LogP contribution is 2.55. The maximum atomic E-state index is 14.0. The third-order valence-electron chi connectivity index (χ3n) is 6.30. The Kier molecular flexibility index (Phi) is 10.5. The van der Waals surface area contributed by atoms with Gasteiger partial charge in [-0.25, -0.2) is 4.79 Å². The van der Waals surface area contributed by atoms with Crippen LogP contribution in [0.3, 0.4) is 0 Å². The molecule has 0 aromatic heterocycles. The molecule has 10 heteroatoms. The third kappa shape index (κ3) is 9.59. The lowest BCUT2D eigenvalue weighted by molar-refractivity contribution is -0.141. The van der Waals surface area contributed by atoms with Gasteiger partial charge in [-0.15, -0.1) is 0 Å². The lowest BCUT2D eigenvalue weighted by Crippen LogP contribution is -2.43. The fraction of sp³-hybridized carbons (Fsp3) is 0.323. The zero-order chi connectivity index (χ0) is 30.2. The van der Waals surface area contributed by atoms with E-state index in [-0.39, 0.29) is 6.42 Å². The largest absolute Gasteiger partial charge is 0.480 e. The Bertz CT molecular complexity index is 1370. The SMILES string of the molecule is C[C@@H](NC(=O)[C@H](Cc1ccc(-c2ccccc2)cc1)CP(=O)(O)C(NC(=O)OC(C)(C)C)c1ccccc1)C(=O)O. The van der Waals surface area contributed by atoms with E-state index in [1.165, 1.54) is 6.92 Å². The van der Waals surface area contributed by atoms with E-state index in [0.717, 1.165) is 16.7 Å². The maximum Gasteiger partial charge on any atom is 0.408 e. The summed E-state index contributed by atoms with van der Waals surface area (Å²) >= 11 is 0. The van der Waals surface area contributed by atoms with Gasteiger partial charge in [0, 0.05) is 6.16 Å². The molecule has 3 aromatic rings. The predicted octanol–water partition coefficient (Wildman–Crippen LogP) is 5.60. The summed E-state index contributed by atoms with van der Waals surface area (Å²) in [6.07, 6.45) is -1.31. The van der Waals surface area contributed by atoms with E-state index in [1.807, 2.05) is 54.6 Å². The number of nitrogens with one attached hydrogen (secondary N) is 2. The Morgan fingerprint density at radius 2 is 1.39 bits per heavy atom. The molecule has 41 heavy (non-hydrogen) atoms. The average molecular weight is 581 g/mol. The monoisotopic (exact) mass is 580 g/mol. The van der Waals surface area contributed by atoms with Gasteiger partial charge in [-0.3, -0.25) is 14.2 Å². The number of carbonyl (C=O) groups is 3. The molecule has 3 aromatic carbocycles. The van der Waals surface area contributed by atoms with Crippen molar-refractivity contribution in [3.05, 3.63) is 96.1 Å². The van der Waals surface area contributed by atoms with E-state index < -0.39 is 54.8 Å². The van der Waals surface area contributed by atoms with E-state index in [2.05, 4.69) is 10.6 Å². The molecule has 2 unspecified atom stereocenters. The fourth-order valence-corrected chi connectivity index (χ4v) is 6.36. The molecule has 218 valence electrons. The molecule has 0 fully saturated rings. The minimum atomic E-state index is -4.34. The Labute approximate surface area is 240 Å². The molecule has 0 saturated heterocycles. The Morgan fingerprint density at radius 3 is 1.93 bits per heavy atom. The van der Waals surface area contributed by atoms with Gasteiger partial charge < -0.3 is 25.4 Å². The van der Waals surface area contributed by atoms with Crippen LogP contribution in [0.25, 0.3) is 11.1 Å². The number of carboxylic acid groups (broad SMARTS) is 1. The molecule has 0 radical (unpaired) electrons. The fourth-order valence-electron chi connectivity index (χ4n) is 4.27. The van der Waals surface area contributed by atoms with Crippen LogP contribution in [0.15, 0.2) is 84.9 Å². The first-order chi connectivity index (χ1) is 19.2. The number of ether oxygens (including phenoxy) is 1. The van der Waals surface area contributed by atoms with Crippen molar-refractivity contribution in [2.45, 2.75) is 51.5 Å². The first kappa shape index (κ1) is 31.6. The molecule has 0 heterocycles. The minimum Gasteiger partial charge on any atom is -0.480 e. The molecular weight excluding hydrogens is 543 g/mol. The quantitative estimate of drug-likeness (QED) is 0.217. The molecule has 0 aliphatic heterocycles. The first-order valence-corrected chi connectivity index (χ1v) is 15.2. The van der Waals surface area contributed by atoms with Gasteiger partial charge >= 0.3 is 12.1 Å². The number of aliphatic carboxylic acids is 1. The standard InChI is InChI=1S/C31H37N2O7P/c1-21(29(35)36)32-27(34)26(19-22-15-17-24(18-16-22)23-11-7-5-8-12-23)20-41(38,39)28(25-13-9-6-10-14-25)33-30(37)40-31(2,3)4/h5-18,21,26,28H,19-20H2,1-4H3,(H,32,34)(H,33,37)(H,35,36)(H,38,39)/t21-,26-,28?/m1/s1. The number of carbonyl (C=O) groups excluding carboxylic acids is 2. The van der Waals surface area contributed by atoms with Crippen molar-refractivity contribution >= 4 is 25.3 Å². The number of benzene rings is 3. The molecular formula is C31H37N2O7P. The molecule has 0 spiro atoms. The predicted molar refractivity (Wildman–Crippen MR) is 158 cm³/mol. The summed E-state index contributed by atoms with van der Waals surface area (Å²) in [6.45, 7) is 6.35. The number of alkyl carbamates (subject to hydrolysis) is 1. The van der Waals surface area contributed by atoms with Crippen molar-refractivity contribution < 1.29 is 33.7 Å². The zero-order valence-corrected chi connectivity index (χ0v) is 24.5. The maximum absolute atomic E-state index is 14.0. The summed E-state index contributed by atoms with van der Waals surface area (Å²) in [5.41, 5.74) is 2.24. The molecule has 4 N–H and O–H groups in total. The van der Waals surface area contributed by atoms with Gasteiger partial charge in [-0.1, -0.05) is 84.9 Å². The average Bonchev–Trinajstić information content (AvgIpc) is 2.91. The highest BCUT2D eigenvalue weighted by Gasteiger charge is 2.39. The number of rotatable bonds is 11. The summed E-state index contributed by atoms with van der Waals surface area (Å²) in [4.78, 5) is 48.8. The van der Waals surface area contributed by atoms with Crippen molar-refractivity contribution in [1.29, 1.82) is 0 Å². The van der Waals surface area contributed by atoms with Crippen molar-refractivity contribution in [1.82, 2.24) is 10.6 Å². The summed E-state index contributed by atoms with van der Waals surface area (Å²) < 4.78 is 19.3. The van der Waals surface area contributed by atoms with Gasteiger partial charge in [0.15, 0.2) is 0 Å². The highest BCUT2D eigenvalue weighted by atomic mass is 31.2.